The maximum Gasteiger partial charge on any atom is 0.0819 e. The van der Waals surface area contributed by atoms with Gasteiger partial charge >= 0.3 is 0 Å². The molecule has 0 amide bonds. The first-order valence-corrected chi connectivity index (χ1v) is 5.46. The zero-order valence-electron chi connectivity index (χ0n) is 9.18. The maximum atomic E-state index is 9.67. The summed E-state index contributed by atoms with van der Waals surface area (Å²) in [5, 5.41) is 14.6. The van der Waals surface area contributed by atoms with Crippen molar-refractivity contribution in [3.05, 3.63) is 46.7 Å². The first-order valence-electron chi connectivity index (χ1n) is 5.08. The molecule has 2 rings (SSSR count). The van der Waals surface area contributed by atoms with Gasteiger partial charge in [-0.2, -0.15) is 5.10 Å². The summed E-state index contributed by atoms with van der Waals surface area (Å²) in [4.78, 5) is 0. The summed E-state index contributed by atoms with van der Waals surface area (Å²) in [5.41, 5.74) is 2.47. The van der Waals surface area contributed by atoms with Gasteiger partial charge < -0.3 is 5.11 Å². The normalized spacial score (nSPS) is 12.8. The number of halogens is 1. The van der Waals surface area contributed by atoms with Crippen LogP contribution in [0.5, 0.6) is 0 Å². The van der Waals surface area contributed by atoms with Crippen LogP contribution in [0.15, 0.2) is 30.5 Å². The molecule has 0 aliphatic heterocycles. The number of nitrogens with zero attached hydrogens (tertiary/aromatic N) is 2. The number of benzene rings is 1. The molecule has 1 atom stereocenters. The van der Waals surface area contributed by atoms with Crippen LogP contribution < -0.4 is 0 Å². The molecule has 0 aliphatic carbocycles. The van der Waals surface area contributed by atoms with E-state index in [2.05, 4.69) is 5.10 Å². The fourth-order valence-corrected chi connectivity index (χ4v) is 1.74. The average molecular weight is 237 g/mol. The zero-order valence-corrected chi connectivity index (χ0v) is 9.94. The summed E-state index contributed by atoms with van der Waals surface area (Å²) in [6, 6.07) is 7.59. The number of hydrogen-bond donors (Lipinski definition) is 1. The predicted octanol–water partition coefficient (Wildman–Crippen LogP) is 2.89. The molecule has 16 heavy (non-hydrogen) atoms. The molecule has 3 nitrogen and oxygen atoms in total. The van der Waals surface area contributed by atoms with E-state index >= 15 is 0 Å². The van der Waals surface area contributed by atoms with E-state index in [1.807, 2.05) is 31.2 Å². The van der Waals surface area contributed by atoms with Gasteiger partial charge in [0.2, 0.25) is 0 Å². The number of aliphatic hydroxyl groups excluding tert-OH is 1. The van der Waals surface area contributed by atoms with E-state index in [0.29, 0.717) is 5.02 Å². The SMILES string of the molecule is Cc1nn(-c2ccccc2C(C)O)cc1Cl. The highest BCUT2D eigenvalue weighted by Gasteiger charge is 2.11. The van der Waals surface area contributed by atoms with Crippen molar-refractivity contribution >= 4 is 11.6 Å². The van der Waals surface area contributed by atoms with Gasteiger partial charge in [0.1, 0.15) is 0 Å². The van der Waals surface area contributed by atoms with Crippen LogP contribution in [0, 0.1) is 6.92 Å². The predicted molar refractivity (Wildman–Crippen MR) is 63.9 cm³/mol. The van der Waals surface area contributed by atoms with Gasteiger partial charge in [-0.3, -0.25) is 0 Å². The van der Waals surface area contributed by atoms with Crippen LogP contribution >= 0.6 is 11.6 Å². The first kappa shape index (κ1) is 11.2. The van der Waals surface area contributed by atoms with Gasteiger partial charge in [-0.25, -0.2) is 4.68 Å². The van der Waals surface area contributed by atoms with Crippen LogP contribution in [0.1, 0.15) is 24.3 Å². The van der Waals surface area contributed by atoms with E-state index < -0.39 is 6.10 Å². The van der Waals surface area contributed by atoms with E-state index in [0.717, 1.165) is 16.9 Å². The number of aliphatic hydroxyl groups is 1. The number of aryl methyl sites for hydroxylation is 1. The molecule has 0 bridgehead atoms. The first-order chi connectivity index (χ1) is 7.59. The summed E-state index contributed by atoms with van der Waals surface area (Å²) < 4.78 is 1.69. The van der Waals surface area contributed by atoms with Crippen LogP contribution in [0.4, 0.5) is 0 Å². The molecule has 0 fully saturated rings. The number of rotatable bonds is 2. The van der Waals surface area contributed by atoms with E-state index in [1.165, 1.54) is 0 Å². The van der Waals surface area contributed by atoms with Crippen molar-refractivity contribution < 1.29 is 5.11 Å². The number of aromatic nitrogens is 2. The lowest BCUT2D eigenvalue weighted by molar-refractivity contribution is 0.199. The van der Waals surface area contributed by atoms with Crippen molar-refractivity contribution in [3.63, 3.8) is 0 Å². The van der Waals surface area contributed by atoms with Crippen LogP contribution in [-0.4, -0.2) is 14.9 Å². The van der Waals surface area contributed by atoms with Crippen LogP contribution in [0.2, 0.25) is 5.02 Å². The van der Waals surface area contributed by atoms with Gasteiger partial charge in [-0.1, -0.05) is 29.8 Å². The highest BCUT2D eigenvalue weighted by molar-refractivity contribution is 6.31. The van der Waals surface area contributed by atoms with E-state index in [1.54, 1.807) is 17.8 Å². The summed E-state index contributed by atoms with van der Waals surface area (Å²) >= 11 is 5.97. The van der Waals surface area contributed by atoms with Gasteiger partial charge in [0.05, 0.1) is 22.5 Å². The third-order valence-corrected chi connectivity index (χ3v) is 2.84. The zero-order chi connectivity index (χ0) is 11.7. The molecule has 4 heteroatoms. The molecule has 0 radical (unpaired) electrons. The molecular weight excluding hydrogens is 224 g/mol. The Morgan fingerprint density at radius 2 is 2.06 bits per heavy atom. The minimum Gasteiger partial charge on any atom is -0.389 e. The van der Waals surface area contributed by atoms with Gasteiger partial charge in [0.15, 0.2) is 0 Å². The molecule has 1 aromatic carbocycles. The maximum absolute atomic E-state index is 9.67. The van der Waals surface area contributed by atoms with Crippen molar-refractivity contribution in [3.8, 4) is 5.69 Å². The summed E-state index contributed by atoms with van der Waals surface area (Å²) in [6.07, 6.45) is 1.22. The van der Waals surface area contributed by atoms with Gasteiger partial charge in [-0.05, 0) is 19.9 Å². The lowest BCUT2D eigenvalue weighted by atomic mass is 10.1. The second-order valence-electron chi connectivity index (χ2n) is 3.74. The van der Waals surface area contributed by atoms with Crippen LogP contribution in [0.25, 0.3) is 5.69 Å². The Balaban J connectivity index is 2.55. The topological polar surface area (TPSA) is 38.0 Å². The minimum atomic E-state index is -0.528. The molecule has 1 unspecified atom stereocenters. The van der Waals surface area contributed by atoms with Gasteiger partial charge in [0.25, 0.3) is 0 Å². The molecule has 0 aliphatic rings. The van der Waals surface area contributed by atoms with Crippen molar-refractivity contribution in [2.45, 2.75) is 20.0 Å². The fraction of sp³-hybridized carbons (Fsp3) is 0.250. The smallest absolute Gasteiger partial charge is 0.0819 e. The summed E-state index contributed by atoms with van der Waals surface area (Å²) in [6.45, 7) is 3.58. The third-order valence-electron chi connectivity index (χ3n) is 2.47. The minimum absolute atomic E-state index is 0.528. The molecule has 0 saturated heterocycles. The third kappa shape index (κ3) is 1.96. The summed E-state index contributed by atoms with van der Waals surface area (Å²) in [7, 11) is 0. The average Bonchev–Trinajstić information content (AvgIpc) is 2.59. The molecule has 2 aromatic rings. The van der Waals surface area contributed by atoms with Crippen LogP contribution in [-0.2, 0) is 0 Å². The highest BCUT2D eigenvalue weighted by Crippen LogP contribution is 2.23. The standard InChI is InChI=1S/C12H13ClN2O/c1-8-11(13)7-15(14-8)12-6-4-3-5-10(12)9(2)16/h3-7,9,16H,1-2H3. The Kier molecular flexibility index (Phi) is 2.99. The van der Waals surface area contributed by atoms with E-state index in [4.69, 9.17) is 11.6 Å². The monoisotopic (exact) mass is 236 g/mol. The lowest BCUT2D eigenvalue weighted by Crippen LogP contribution is -2.02. The van der Waals surface area contributed by atoms with Crippen molar-refractivity contribution in [1.29, 1.82) is 0 Å². The lowest BCUT2D eigenvalue weighted by Gasteiger charge is -2.11. The molecule has 1 heterocycles. The van der Waals surface area contributed by atoms with Crippen molar-refractivity contribution in [1.82, 2.24) is 9.78 Å². The van der Waals surface area contributed by atoms with E-state index in [9.17, 15) is 5.11 Å². The fourth-order valence-electron chi connectivity index (χ4n) is 1.61. The van der Waals surface area contributed by atoms with Gasteiger partial charge in [-0.15, -0.1) is 0 Å². The Hall–Kier alpha value is -1.32. The van der Waals surface area contributed by atoms with Gasteiger partial charge in [0, 0.05) is 11.8 Å². The van der Waals surface area contributed by atoms with E-state index in [-0.39, 0.29) is 0 Å². The largest absolute Gasteiger partial charge is 0.389 e. The Morgan fingerprint density at radius 1 is 1.38 bits per heavy atom. The number of hydrogen-bond acceptors (Lipinski definition) is 2. The van der Waals surface area contributed by atoms with Crippen molar-refractivity contribution in [2.75, 3.05) is 0 Å². The molecule has 84 valence electrons. The summed E-state index contributed by atoms with van der Waals surface area (Å²) in [5.74, 6) is 0. The molecular formula is C12H13ClN2O. The molecule has 0 saturated carbocycles. The highest BCUT2D eigenvalue weighted by atomic mass is 35.5. The van der Waals surface area contributed by atoms with Crippen LogP contribution in [0.3, 0.4) is 0 Å². The molecule has 1 N–H and O–H groups in total. The van der Waals surface area contributed by atoms with Crippen molar-refractivity contribution in [2.24, 2.45) is 0 Å². The second-order valence-corrected chi connectivity index (χ2v) is 4.15. The second kappa shape index (κ2) is 4.28. The molecule has 0 spiro atoms. The number of para-hydroxylation sites is 1. The molecule has 1 aromatic heterocycles. The Morgan fingerprint density at radius 3 is 2.62 bits per heavy atom. The quantitative estimate of drug-likeness (QED) is 0.871. The Bertz CT molecular complexity index is 486. The Labute approximate surface area is 99.3 Å².